The van der Waals surface area contributed by atoms with Crippen molar-refractivity contribution in [2.24, 2.45) is 11.7 Å². The van der Waals surface area contributed by atoms with Gasteiger partial charge in [-0.3, -0.25) is 4.90 Å². The van der Waals surface area contributed by atoms with Gasteiger partial charge in [-0.1, -0.05) is 29.8 Å². The minimum atomic E-state index is -0.725. The second-order valence-corrected chi connectivity index (χ2v) is 7.66. The number of hydrogen-bond donors (Lipinski definition) is 1. The molecule has 1 heterocycles. The fourth-order valence-electron chi connectivity index (χ4n) is 3.09. The van der Waals surface area contributed by atoms with E-state index in [9.17, 15) is 4.79 Å². The zero-order chi connectivity index (χ0) is 17.0. The molecule has 4 nitrogen and oxygen atoms in total. The SMILES string of the molecule is CC(C)(C)OC(N)=O.Cc1ccc(CCN2CCC3CC32)cc1. The maximum absolute atomic E-state index is 10.0. The van der Waals surface area contributed by atoms with Crippen molar-refractivity contribution < 1.29 is 9.53 Å². The molecule has 0 bridgehead atoms. The molecule has 1 aliphatic heterocycles. The first-order valence-electron chi connectivity index (χ1n) is 8.52. The molecule has 0 radical (unpaired) electrons. The summed E-state index contributed by atoms with van der Waals surface area (Å²) in [6.07, 6.45) is 3.44. The van der Waals surface area contributed by atoms with E-state index in [-0.39, 0.29) is 0 Å². The number of primary amides is 1. The Morgan fingerprint density at radius 1 is 1.30 bits per heavy atom. The predicted molar refractivity (Wildman–Crippen MR) is 93.4 cm³/mol. The largest absolute Gasteiger partial charge is 0.444 e. The van der Waals surface area contributed by atoms with Crippen LogP contribution in [0.2, 0.25) is 0 Å². The Morgan fingerprint density at radius 3 is 2.35 bits per heavy atom. The number of carbonyl (C=O) groups excluding carboxylic acids is 1. The maximum atomic E-state index is 10.0. The van der Waals surface area contributed by atoms with Crippen molar-refractivity contribution in [3.05, 3.63) is 35.4 Å². The molecule has 2 aliphatic rings. The highest BCUT2D eigenvalue weighted by molar-refractivity contribution is 5.65. The van der Waals surface area contributed by atoms with Crippen LogP contribution in [0.1, 0.15) is 44.7 Å². The van der Waals surface area contributed by atoms with Gasteiger partial charge >= 0.3 is 6.09 Å². The Morgan fingerprint density at radius 2 is 1.96 bits per heavy atom. The normalized spacial score (nSPS) is 22.8. The standard InChI is InChI=1S/C14H19N.C5H11NO2/c1-11-2-4-12(5-3-11)6-8-15-9-7-13-10-14(13)15;1-5(2,3)8-4(6)7/h2-5,13-14H,6-10H2,1H3;1-3H3,(H2,6,7). The summed E-state index contributed by atoms with van der Waals surface area (Å²) in [6, 6.07) is 9.96. The molecule has 0 spiro atoms. The van der Waals surface area contributed by atoms with Crippen LogP contribution in [0.5, 0.6) is 0 Å². The molecule has 2 atom stereocenters. The Bertz CT molecular complexity index is 519. The van der Waals surface area contributed by atoms with E-state index in [0.29, 0.717) is 0 Å². The van der Waals surface area contributed by atoms with E-state index in [4.69, 9.17) is 5.73 Å². The first-order chi connectivity index (χ1) is 10.7. The van der Waals surface area contributed by atoms with E-state index in [1.165, 1.54) is 43.5 Å². The summed E-state index contributed by atoms with van der Waals surface area (Å²) in [4.78, 5) is 12.7. The van der Waals surface area contributed by atoms with Crippen LogP contribution in [-0.4, -0.2) is 35.7 Å². The molecule has 1 saturated carbocycles. The second-order valence-electron chi connectivity index (χ2n) is 7.66. The second kappa shape index (κ2) is 7.35. The number of carbonyl (C=O) groups is 1. The van der Waals surface area contributed by atoms with Gasteiger partial charge in [-0.05, 0) is 65.0 Å². The molecular weight excluding hydrogens is 288 g/mol. The molecule has 4 heteroatoms. The van der Waals surface area contributed by atoms with Crippen LogP contribution in [0.15, 0.2) is 24.3 Å². The fourth-order valence-corrected chi connectivity index (χ4v) is 3.09. The van der Waals surface area contributed by atoms with Gasteiger partial charge in [-0.15, -0.1) is 0 Å². The molecule has 128 valence electrons. The van der Waals surface area contributed by atoms with Gasteiger partial charge < -0.3 is 10.5 Å². The molecular formula is C19H30N2O2. The van der Waals surface area contributed by atoms with Crippen molar-refractivity contribution in [3.8, 4) is 0 Å². The minimum absolute atomic E-state index is 0.453. The van der Waals surface area contributed by atoms with Gasteiger partial charge in [0.15, 0.2) is 0 Å². The van der Waals surface area contributed by atoms with Crippen molar-refractivity contribution in [2.45, 2.75) is 58.6 Å². The van der Waals surface area contributed by atoms with Crippen molar-refractivity contribution in [1.82, 2.24) is 4.90 Å². The molecule has 1 amide bonds. The highest BCUT2D eigenvalue weighted by atomic mass is 16.6. The third kappa shape index (κ3) is 6.22. The first kappa shape index (κ1) is 17.8. The number of rotatable bonds is 3. The summed E-state index contributed by atoms with van der Waals surface area (Å²) in [5, 5.41) is 0. The number of likely N-dealkylation sites (tertiary alicyclic amines) is 1. The van der Waals surface area contributed by atoms with Crippen LogP contribution >= 0.6 is 0 Å². The molecule has 1 aromatic carbocycles. The van der Waals surface area contributed by atoms with Crippen LogP contribution in [0, 0.1) is 12.8 Å². The van der Waals surface area contributed by atoms with Crippen molar-refractivity contribution in [3.63, 3.8) is 0 Å². The number of fused-ring (bicyclic) bond motifs is 1. The van der Waals surface area contributed by atoms with Gasteiger partial charge in [-0.25, -0.2) is 4.79 Å². The Hall–Kier alpha value is -1.55. The minimum Gasteiger partial charge on any atom is -0.444 e. The first-order valence-corrected chi connectivity index (χ1v) is 8.52. The van der Waals surface area contributed by atoms with E-state index in [0.717, 1.165) is 12.0 Å². The van der Waals surface area contributed by atoms with Crippen LogP contribution in [0.3, 0.4) is 0 Å². The topological polar surface area (TPSA) is 55.6 Å². The zero-order valence-electron chi connectivity index (χ0n) is 14.8. The lowest BCUT2D eigenvalue weighted by molar-refractivity contribution is 0.0600. The maximum Gasteiger partial charge on any atom is 0.405 e. The number of aryl methyl sites for hydroxylation is 1. The van der Waals surface area contributed by atoms with Gasteiger partial charge in [-0.2, -0.15) is 0 Å². The highest BCUT2D eigenvalue weighted by Crippen LogP contribution is 2.44. The quantitative estimate of drug-likeness (QED) is 0.928. The number of piperidine rings is 1. The lowest BCUT2D eigenvalue weighted by Crippen LogP contribution is -2.27. The van der Waals surface area contributed by atoms with Crippen molar-refractivity contribution in [1.29, 1.82) is 0 Å². The number of amides is 1. The molecule has 2 fully saturated rings. The predicted octanol–water partition coefficient (Wildman–Crippen LogP) is 3.51. The Kier molecular flexibility index (Phi) is 5.69. The summed E-state index contributed by atoms with van der Waals surface area (Å²) in [5.74, 6) is 1.07. The van der Waals surface area contributed by atoms with Gasteiger partial charge in [0.1, 0.15) is 5.60 Å². The van der Waals surface area contributed by atoms with Crippen molar-refractivity contribution in [2.75, 3.05) is 13.1 Å². The molecule has 2 N–H and O–H groups in total. The van der Waals surface area contributed by atoms with E-state index >= 15 is 0 Å². The molecule has 1 saturated heterocycles. The zero-order valence-corrected chi connectivity index (χ0v) is 14.8. The summed E-state index contributed by atoms with van der Waals surface area (Å²) < 4.78 is 4.58. The molecule has 23 heavy (non-hydrogen) atoms. The highest BCUT2D eigenvalue weighted by Gasteiger charge is 2.46. The summed E-state index contributed by atoms with van der Waals surface area (Å²) in [7, 11) is 0. The van der Waals surface area contributed by atoms with Crippen LogP contribution in [0.4, 0.5) is 4.79 Å². The summed E-state index contributed by atoms with van der Waals surface area (Å²) in [6.45, 7) is 10.1. The molecule has 2 unspecified atom stereocenters. The number of nitrogens with zero attached hydrogens (tertiary/aromatic N) is 1. The third-order valence-corrected chi connectivity index (χ3v) is 4.36. The monoisotopic (exact) mass is 318 g/mol. The third-order valence-electron chi connectivity index (χ3n) is 4.36. The average Bonchev–Trinajstić information content (AvgIpc) is 3.10. The lowest BCUT2D eigenvalue weighted by atomic mass is 10.1. The number of nitrogens with two attached hydrogens (primary N) is 1. The number of hydrogen-bond acceptors (Lipinski definition) is 3. The van der Waals surface area contributed by atoms with Crippen molar-refractivity contribution >= 4 is 6.09 Å². The fraction of sp³-hybridized carbons (Fsp3) is 0.632. The van der Waals surface area contributed by atoms with Crippen LogP contribution in [-0.2, 0) is 11.2 Å². The molecule has 1 aliphatic carbocycles. The lowest BCUT2D eigenvalue weighted by Gasteiger charge is -2.17. The average molecular weight is 318 g/mol. The smallest absolute Gasteiger partial charge is 0.405 e. The Labute approximate surface area is 140 Å². The molecule has 0 aromatic heterocycles. The van der Waals surface area contributed by atoms with Crippen LogP contribution in [0.25, 0.3) is 0 Å². The molecule has 1 aromatic rings. The van der Waals surface area contributed by atoms with Crippen LogP contribution < -0.4 is 5.73 Å². The summed E-state index contributed by atoms with van der Waals surface area (Å²) in [5.41, 5.74) is 7.12. The number of benzene rings is 1. The van der Waals surface area contributed by atoms with Gasteiger partial charge in [0, 0.05) is 12.6 Å². The van der Waals surface area contributed by atoms with E-state index in [2.05, 4.69) is 40.8 Å². The van der Waals surface area contributed by atoms with E-state index in [1.54, 1.807) is 20.8 Å². The summed E-state index contributed by atoms with van der Waals surface area (Å²) >= 11 is 0. The Balaban J connectivity index is 0.000000207. The van der Waals surface area contributed by atoms with Gasteiger partial charge in [0.2, 0.25) is 0 Å². The van der Waals surface area contributed by atoms with Gasteiger partial charge in [0.25, 0.3) is 0 Å². The van der Waals surface area contributed by atoms with E-state index < -0.39 is 11.7 Å². The number of ether oxygens (including phenoxy) is 1. The van der Waals surface area contributed by atoms with E-state index in [1.807, 2.05) is 0 Å². The molecule has 3 rings (SSSR count). The van der Waals surface area contributed by atoms with Gasteiger partial charge in [0.05, 0.1) is 0 Å².